The van der Waals surface area contributed by atoms with Crippen LogP contribution in [0.3, 0.4) is 0 Å². The minimum Gasteiger partial charge on any atom is -0.298 e. The van der Waals surface area contributed by atoms with Crippen molar-refractivity contribution in [1.29, 1.82) is 0 Å². The molecule has 4 heteroatoms. The largest absolute Gasteiger partial charge is 0.298 e. The molecular weight excluding hydrogens is 189 g/mol. The zero-order chi connectivity index (χ0) is 9.30. The molecule has 0 bridgehead atoms. The van der Waals surface area contributed by atoms with Crippen molar-refractivity contribution < 1.29 is 9.18 Å². The Morgan fingerprint density at radius 1 is 1.54 bits per heavy atom. The van der Waals surface area contributed by atoms with E-state index in [1.807, 2.05) is 25.8 Å². The molecule has 0 amide bonds. The summed E-state index contributed by atoms with van der Waals surface area (Å²) in [6, 6.07) is -0.181. The molecule has 1 rings (SSSR count). The lowest BCUT2D eigenvalue weighted by Gasteiger charge is -2.18. The molecule has 0 saturated carbocycles. The molecule has 1 aliphatic heterocycles. The third kappa shape index (κ3) is 2.95. The predicted molar refractivity (Wildman–Crippen MR) is 56.2 cm³/mol. The van der Waals surface area contributed by atoms with Gasteiger partial charge in [0.05, 0.1) is 6.04 Å². The zero-order valence-corrected chi connectivity index (χ0v) is 9.38. The van der Waals surface area contributed by atoms with Gasteiger partial charge in [-0.1, -0.05) is 13.8 Å². The van der Waals surface area contributed by atoms with E-state index < -0.39 is 6.17 Å². The van der Waals surface area contributed by atoms with Gasteiger partial charge in [0.15, 0.2) is 5.78 Å². The molecule has 1 fully saturated rings. The quantitative estimate of drug-likeness (QED) is 0.681. The molecule has 0 N–H and O–H groups in total. The number of hydrogen-bond donors (Lipinski definition) is 0. The SMILES string of the molecule is CC(C)C(=O)[C@@H]1C[C@@H](F)CN1C.S. The van der Waals surface area contributed by atoms with Crippen molar-refractivity contribution in [2.45, 2.75) is 32.5 Å². The van der Waals surface area contributed by atoms with Crippen molar-refractivity contribution in [2.75, 3.05) is 13.6 Å². The highest BCUT2D eigenvalue weighted by Crippen LogP contribution is 2.21. The Labute approximate surface area is 85.9 Å². The van der Waals surface area contributed by atoms with Gasteiger partial charge in [-0.2, -0.15) is 13.5 Å². The molecule has 1 saturated heterocycles. The minimum absolute atomic E-state index is 0. The normalized spacial score (nSPS) is 29.0. The van der Waals surface area contributed by atoms with E-state index in [9.17, 15) is 9.18 Å². The maximum absolute atomic E-state index is 12.9. The summed E-state index contributed by atoms with van der Waals surface area (Å²) in [6.07, 6.45) is -0.434. The van der Waals surface area contributed by atoms with Crippen LogP contribution in [0.25, 0.3) is 0 Å². The lowest BCUT2D eigenvalue weighted by Crippen LogP contribution is -2.35. The zero-order valence-electron chi connectivity index (χ0n) is 8.38. The van der Waals surface area contributed by atoms with Crippen LogP contribution < -0.4 is 0 Å². The fraction of sp³-hybridized carbons (Fsp3) is 0.889. The Bertz CT molecular complexity index is 186. The number of Topliss-reactive ketones (excluding diaryl/α,β-unsaturated/α-hetero) is 1. The van der Waals surface area contributed by atoms with Crippen molar-refractivity contribution in [1.82, 2.24) is 4.90 Å². The molecule has 0 aromatic carbocycles. The number of rotatable bonds is 2. The van der Waals surface area contributed by atoms with E-state index in [2.05, 4.69) is 0 Å². The van der Waals surface area contributed by atoms with Crippen LogP contribution >= 0.6 is 13.5 Å². The van der Waals surface area contributed by atoms with Crippen LogP contribution in [-0.2, 0) is 4.79 Å². The van der Waals surface area contributed by atoms with Gasteiger partial charge in [0.2, 0.25) is 0 Å². The molecule has 0 aromatic heterocycles. The third-order valence-electron chi connectivity index (χ3n) is 2.39. The van der Waals surface area contributed by atoms with Crippen molar-refractivity contribution in [3.63, 3.8) is 0 Å². The summed E-state index contributed by atoms with van der Waals surface area (Å²) in [5.74, 6) is 0.181. The van der Waals surface area contributed by atoms with Gasteiger partial charge in [0.1, 0.15) is 6.17 Å². The van der Waals surface area contributed by atoms with Crippen LogP contribution in [0.15, 0.2) is 0 Å². The Hall–Kier alpha value is -0.0900. The second kappa shape index (κ2) is 4.96. The van der Waals surface area contributed by atoms with E-state index in [1.54, 1.807) is 0 Å². The molecule has 1 aliphatic rings. The van der Waals surface area contributed by atoms with Crippen LogP contribution in [-0.4, -0.2) is 36.5 Å². The number of likely N-dealkylation sites (tertiary alicyclic amines) is 1. The van der Waals surface area contributed by atoms with Gasteiger partial charge in [-0.15, -0.1) is 0 Å². The van der Waals surface area contributed by atoms with E-state index in [0.29, 0.717) is 13.0 Å². The second-order valence-corrected chi connectivity index (χ2v) is 3.85. The lowest BCUT2D eigenvalue weighted by molar-refractivity contribution is -0.125. The molecule has 0 aromatic rings. The highest BCUT2D eigenvalue weighted by Gasteiger charge is 2.34. The van der Waals surface area contributed by atoms with Crippen molar-refractivity contribution in [2.24, 2.45) is 5.92 Å². The summed E-state index contributed by atoms with van der Waals surface area (Å²) in [6.45, 7) is 4.13. The van der Waals surface area contributed by atoms with Crippen molar-refractivity contribution in [3.05, 3.63) is 0 Å². The number of halogens is 1. The standard InChI is InChI=1S/C9H16FNO.H2S/c1-6(2)9(12)8-4-7(10)5-11(8)3;/h6-8H,4-5H2,1-3H3;1H2/t7-,8+;/m1./s1. The summed E-state index contributed by atoms with van der Waals surface area (Å²) in [7, 11) is 1.81. The first-order chi connectivity index (χ1) is 5.52. The summed E-state index contributed by atoms with van der Waals surface area (Å²) >= 11 is 0. The van der Waals surface area contributed by atoms with Crippen molar-refractivity contribution in [3.8, 4) is 0 Å². The molecule has 2 atom stereocenters. The Morgan fingerprint density at radius 3 is 2.38 bits per heavy atom. The number of carbonyl (C=O) groups excluding carboxylic acids is 1. The van der Waals surface area contributed by atoms with E-state index >= 15 is 0 Å². The smallest absolute Gasteiger partial charge is 0.152 e. The number of likely N-dealkylation sites (N-methyl/N-ethyl adjacent to an activating group) is 1. The minimum atomic E-state index is -0.817. The molecular formula is C9H18FNOS. The predicted octanol–water partition coefficient (Wildman–Crippen LogP) is 1.37. The van der Waals surface area contributed by atoms with E-state index in [0.717, 1.165) is 0 Å². The average Bonchev–Trinajstić information content (AvgIpc) is 2.28. The van der Waals surface area contributed by atoms with Crippen molar-refractivity contribution >= 4 is 19.3 Å². The molecule has 0 aliphatic carbocycles. The highest BCUT2D eigenvalue weighted by atomic mass is 32.1. The van der Waals surface area contributed by atoms with Crippen LogP contribution in [0, 0.1) is 5.92 Å². The molecule has 0 radical (unpaired) electrons. The van der Waals surface area contributed by atoms with Gasteiger partial charge in [-0.25, -0.2) is 4.39 Å². The maximum Gasteiger partial charge on any atom is 0.152 e. The Balaban J connectivity index is 0.00000144. The molecule has 0 spiro atoms. The molecule has 78 valence electrons. The third-order valence-corrected chi connectivity index (χ3v) is 2.39. The average molecular weight is 207 g/mol. The summed E-state index contributed by atoms with van der Waals surface area (Å²) < 4.78 is 12.9. The fourth-order valence-electron chi connectivity index (χ4n) is 1.65. The monoisotopic (exact) mass is 207 g/mol. The first-order valence-corrected chi connectivity index (χ1v) is 4.40. The van der Waals surface area contributed by atoms with Crippen LogP contribution in [0.4, 0.5) is 4.39 Å². The molecule has 2 nitrogen and oxygen atoms in total. The van der Waals surface area contributed by atoms with E-state index in [-0.39, 0.29) is 31.2 Å². The fourth-order valence-corrected chi connectivity index (χ4v) is 1.65. The topological polar surface area (TPSA) is 20.3 Å². The summed E-state index contributed by atoms with van der Waals surface area (Å²) in [5.41, 5.74) is 0. The first kappa shape index (κ1) is 12.9. The van der Waals surface area contributed by atoms with Gasteiger partial charge in [-0.05, 0) is 7.05 Å². The number of carbonyl (C=O) groups is 1. The van der Waals surface area contributed by atoms with E-state index in [4.69, 9.17) is 0 Å². The Kier molecular flexibility index (Phi) is 4.92. The Morgan fingerprint density at radius 2 is 2.08 bits per heavy atom. The van der Waals surface area contributed by atoms with Crippen LogP contribution in [0.5, 0.6) is 0 Å². The number of nitrogens with zero attached hydrogens (tertiary/aromatic N) is 1. The number of hydrogen-bond acceptors (Lipinski definition) is 2. The first-order valence-electron chi connectivity index (χ1n) is 4.40. The van der Waals surface area contributed by atoms with Gasteiger partial charge < -0.3 is 0 Å². The van der Waals surface area contributed by atoms with E-state index in [1.165, 1.54) is 0 Å². The summed E-state index contributed by atoms with van der Waals surface area (Å²) in [4.78, 5) is 13.3. The number of alkyl halides is 1. The van der Waals surface area contributed by atoms with Crippen LogP contribution in [0.2, 0.25) is 0 Å². The molecule has 0 unspecified atom stereocenters. The number of ketones is 1. The lowest BCUT2D eigenvalue weighted by atomic mass is 10.00. The molecule has 1 heterocycles. The van der Waals surface area contributed by atoms with Gasteiger partial charge >= 0.3 is 0 Å². The second-order valence-electron chi connectivity index (χ2n) is 3.85. The highest BCUT2D eigenvalue weighted by molar-refractivity contribution is 7.59. The summed E-state index contributed by atoms with van der Waals surface area (Å²) in [5, 5.41) is 0. The van der Waals surface area contributed by atoms with Gasteiger partial charge in [-0.3, -0.25) is 9.69 Å². The van der Waals surface area contributed by atoms with Gasteiger partial charge in [0.25, 0.3) is 0 Å². The van der Waals surface area contributed by atoms with Crippen LogP contribution in [0.1, 0.15) is 20.3 Å². The maximum atomic E-state index is 12.9. The molecule has 13 heavy (non-hydrogen) atoms. The van der Waals surface area contributed by atoms with Gasteiger partial charge in [0, 0.05) is 18.9 Å².